The van der Waals surface area contributed by atoms with Crippen molar-refractivity contribution in [3.05, 3.63) is 235 Å². The van der Waals surface area contributed by atoms with E-state index in [2.05, 4.69) is 221 Å². The van der Waals surface area contributed by atoms with Crippen molar-refractivity contribution in [3.8, 4) is 22.5 Å². The van der Waals surface area contributed by atoms with Gasteiger partial charge in [-0.2, -0.15) is 0 Å². The monoisotopic (exact) mass is 828 g/mol. The Labute approximate surface area is 372 Å². The molecule has 14 rings (SSSR count). The van der Waals surface area contributed by atoms with E-state index in [0.717, 1.165) is 99.7 Å². The van der Waals surface area contributed by atoms with Crippen molar-refractivity contribution >= 4 is 98.6 Å². The van der Waals surface area contributed by atoms with Crippen LogP contribution in [0.15, 0.2) is 233 Å². The molecule has 1 aliphatic rings. The quantitative estimate of drug-likeness (QED) is 0.162. The van der Waals surface area contributed by atoms with Gasteiger partial charge < -0.3 is 18.0 Å². The molecule has 9 aromatic carbocycles. The zero-order valence-corrected chi connectivity index (χ0v) is 35.0. The van der Waals surface area contributed by atoms with Gasteiger partial charge >= 0.3 is 0 Å². The number of fused-ring (bicyclic) bond motifs is 12. The van der Waals surface area contributed by atoms with Crippen LogP contribution in [-0.2, 0) is 0 Å². The summed E-state index contributed by atoms with van der Waals surface area (Å²) in [6.45, 7) is 0. The Kier molecular flexibility index (Phi) is 7.61. The summed E-state index contributed by atoms with van der Waals surface area (Å²) in [5, 5.41) is 9.32. The molecular weight excluding hydrogens is 793 g/mol. The largest absolute Gasteiger partial charge is 0.456 e. The molecule has 0 atom stereocenters. The van der Waals surface area contributed by atoms with Gasteiger partial charge in [0.2, 0.25) is 0 Å². The third-order valence-electron chi connectivity index (χ3n) is 13.3. The number of para-hydroxylation sites is 6. The van der Waals surface area contributed by atoms with Crippen molar-refractivity contribution < 1.29 is 8.83 Å². The summed E-state index contributed by atoms with van der Waals surface area (Å²) in [4.78, 5) is 0. The number of furan rings is 2. The molecule has 0 bridgehead atoms. The van der Waals surface area contributed by atoms with Gasteiger partial charge in [0, 0.05) is 65.6 Å². The third-order valence-corrected chi connectivity index (χ3v) is 13.3. The molecule has 4 nitrogen and oxygen atoms in total. The van der Waals surface area contributed by atoms with Gasteiger partial charge in [0.05, 0.1) is 22.1 Å². The van der Waals surface area contributed by atoms with Crippen LogP contribution >= 0.6 is 0 Å². The van der Waals surface area contributed by atoms with E-state index < -0.39 is 0 Å². The van der Waals surface area contributed by atoms with Crippen LogP contribution in [0.1, 0.15) is 11.1 Å². The summed E-state index contributed by atoms with van der Waals surface area (Å²) >= 11 is 0. The fourth-order valence-electron chi connectivity index (χ4n) is 10.4. The van der Waals surface area contributed by atoms with E-state index in [9.17, 15) is 0 Å². The topological polar surface area (TPSA) is 36.1 Å². The third kappa shape index (κ3) is 5.45. The number of allylic oxidation sites excluding steroid dienone is 5. The van der Waals surface area contributed by atoms with Crippen molar-refractivity contribution in [3.63, 3.8) is 0 Å². The van der Waals surface area contributed by atoms with Gasteiger partial charge in [-0.25, -0.2) is 0 Å². The highest BCUT2D eigenvalue weighted by Crippen LogP contribution is 2.41. The average Bonchev–Trinajstić information content (AvgIpc) is 4.06. The number of benzene rings is 9. The molecular formula is C61H36N2O2. The zero-order chi connectivity index (χ0) is 42.6. The molecule has 0 spiro atoms. The number of hydrogen-bond acceptors (Lipinski definition) is 2. The van der Waals surface area contributed by atoms with Crippen LogP contribution in [0.25, 0.3) is 121 Å². The SMILES string of the molecule is C1=CC=C(c2cc(-c3cccc4c3oc3ccccc34)cc(-n3c4ccccc4c4ccccc43)c2)C=CC=1c1ccc2oc3ccc(-n4c5ccccc5c5ccccc54)cc3c2c1. The van der Waals surface area contributed by atoms with Crippen LogP contribution in [0.3, 0.4) is 0 Å². The van der Waals surface area contributed by atoms with Crippen molar-refractivity contribution in [1.82, 2.24) is 9.13 Å². The van der Waals surface area contributed by atoms with E-state index in [-0.39, 0.29) is 0 Å². The molecule has 0 radical (unpaired) electrons. The van der Waals surface area contributed by atoms with Gasteiger partial charge in [0.1, 0.15) is 22.3 Å². The van der Waals surface area contributed by atoms with Crippen molar-refractivity contribution in [2.24, 2.45) is 0 Å². The molecule has 65 heavy (non-hydrogen) atoms. The summed E-state index contributed by atoms with van der Waals surface area (Å²) < 4.78 is 17.8. The highest BCUT2D eigenvalue weighted by molar-refractivity contribution is 6.13. The van der Waals surface area contributed by atoms with Crippen LogP contribution in [0, 0.1) is 0 Å². The van der Waals surface area contributed by atoms with Crippen LogP contribution in [0.5, 0.6) is 0 Å². The highest BCUT2D eigenvalue weighted by Gasteiger charge is 2.19. The van der Waals surface area contributed by atoms with E-state index in [1.54, 1.807) is 0 Å². The Morgan fingerprint density at radius 1 is 0.354 bits per heavy atom. The molecule has 0 saturated heterocycles. The maximum Gasteiger partial charge on any atom is 0.143 e. The fourth-order valence-corrected chi connectivity index (χ4v) is 10.4. The molecule has 0 amide bonds. The molecule has 302 valence electrons. The van der Waals surface area contributed by atoms with Gasteiger partial charge in [-0.1, -0.05) is 121 Å². The first-order valence-corrected chi connectivity index (χ1v) is 22.1. The molecule has 0 fully saturated rings. The van der Waals surface area contributed by atoms with Gasteiger partial charge in [0.15, 0.2) is 0 Å². The first kappa shape index (κ1) is 35.7. The lowest BCUT2D eigenvalue weighted by Crippen LogP contribution is -1.97. The van der Waals surface area contributed by atoms with Gasteiger partial charge in [-0.05, 0) is 119 Å². The number of hydrogen-bond donors (Lipinski definition) is 0. The Morgan fingerprint density at radius 3 is 1.60 bits per heavy atom. The second kappa shape index (κ2) is 13.8. The maximum absolute atomic E-state index is 6.63. The van der Waals surface area contributed by atoms with Crippen LogP contribution < -0.4 is 0 Å². The Bertz CT molecular complexity index is 4180. The average molecular weight is 829 g/mol. The van der Waals surface area contributed by atoms with E-state index in [1.165, 1.54) is 32.6 Å². The van der Waals surface area contributed by atoms with E-state index >= 15 is 0 Å². The molecule has 0 unspecified atom stereocenters. The molecule has 0 saturated carbocycles. The molecule has 13 aromatic rings. The lowest BCUT2D eigenvalue weighted by Gasteiger charge is -2.14. The van der Waals surface area contributed by atoms with Crippen LogP contribution in [0.2, 0.25) is 0 Å². The lowest BCUT2D eigenvalue weighted by atomic mass is 9.95. The zero-order valence-electron chi connectivity index (χ0n) is 35.0. The summed E-state index contributed by atoms with van der Waals surface area (Å²) in [5.41, 5.74) is 20.4. The molecule has 4 aromatic heterocycles. The first-order chi connectivity index (χ1) is 32.2. The summed E-state index contributed by atoms with van der Waals surface area (Å²) in [5.74, 6) is 0. The van der Waals surface area contributed by atoms with E-state index in [0.29, 0.717) is 0 Å². The highest BCUT2D eigenvalue weighted by atomic mass is 16.3. The Morgan fingerprint density at radius 2 is 0.908 bits per heavy atom. The summed E-state index contributed by atoms with van der Waals surface area (Å²) in [6, 6.07) is 69.3. The predicted octanol–water partition coefficient (Wildman–Crippen LogP) is 16.5. The predicted molar refractivity (Wildman–Crippen MR) is 270 cm³/mol. The lowest BCUT2D eigenvalue weighted by molar-refractivity contribution is 0.668. The van der Waals surface area contributed by atoms with Crippen LogP contribution in [-0.4, -0.2) is 9.13 Å². The molecule has 0 aliphatic heterocycles. The number of aromatic nitrogens is 2. The Hall–Kier alpha value is -8.82. The number of rotatable bonds is 5. The second-order valence-corrected chi connectivity index (χ2v) is 17.0. The first-order valence-electron chi connectivity index (χ1n) is 22.1. The molecule has 1 aliphatic carbocycles. The standard InChI is InChI=1S/C61H36N2O2/c1-6-22-54-46(15-1)47-16-2-7-23-55(47)62(54)43-30-32-60-53(37-43)52-36-40(29-31-59(52)64-60)38-13-11-14-39(28-27-38)41-33-42(45-20-12-21-51-50-19-5-10-26-58(50)65-61(45)51)35-44(34-41)63-56-24-8-3-17-48(56)49-18-4-9-25-57(49)63/h1-12,14-37H. The minimum Gasteiger partial charge on any atom is -0.456 e. The summed E-state index contributed by atoms with van der Waals surface area (Å²) in [7, 11) is 0. The Balaban J connectivity index is 0.890. The molecule has 4 heterocycles. The van der Waals surface area contributed by atoms with Gasteiger partial charge in [-0.15, -0.1) is 5.73 Å². The normalized spacial score (nSPS) is 13.0. The van der Waals surface area contributed by atoms with Crippen molar-refractivity contribution in [2.45, 2.75) is 0 Å². The van der Waals surface area contributed by atoms with E-state index in [1.807, 2.05) is 12.1 Å². The van der Waals surface area contributed by atoms with Gasteiger partial charge in [-0.3, -0.25) is 0 Å². The van der Waals surface area contributed by atoms with E-state index in [4.69, 9.17) is 8.83 Å². The maximum atomic E-state index is 6.63. The smallest absolute Gasteiger partial charge is 0.143 e. The van der Waals surface area contributed by atoms with Crippen molar-refractivity contribution in [1.29, 1.82) is 0 Å². The van der Waals surface area contributed by atoms with Crippen molar-refractivity contribution in [2.75, 3.05) is 0 Å². The van der Waals surface area contributed by atoms with Gasteiger partial charge in [0.25, 0.3) is 0 Å². The minimum absolute atomic E-state index is 0.859. The second-order valence-electron chi connectivity index (χ2n) is 17.0. The fraction of sp³-hybridized carbons (Fsp3) is 0. The summed E-state index contributed by atoms with van der Waals surface area (Å²) in [6.07, 6.45) is 8.63. The molecule has 4 heteroatoms. The van der Waals surface area contributed by atoms with Crippen LogP contribution in [0.4, 0.5) is 0 Å². The molecule has 0 N–H and O–H groups in total. The minimum atomic E-state index is 0.859. The number of nitrogens with zero attached hydrogens (tertiary/aromatic N) is 2.